The summed E-state index contributed by atoms with van der Waals surface area (Å²) in [5.41, 5.74) is 5.73. The van der Waals surface area contributed by atoms with Crippen LogP contribution in [0.3, 0.4) is 0 Å². The van der Waals surface area contributed by atoms with E-state index < -0.39 is 0 Å². The zero-order chi connectivity index (χ0) is 16.7. The van der Waals surface area contributed by atoms with Gasteiger partial charge in [0.2, 0.25) is 0 Å². The molecule has 4 rings (SSSR count). The number of nitrogens with zero attached hydrogens (tertiary/aromatic N) is 1. The summed E-state index contributed by atoms with van der Waals surface area (Å²) in [6.07, 6.45) is 4.31. The number of H-pyrrole nitrogens is 1. The van der Waals surface area contributed by atoms with Gasteiger partial charge in [0.1, 0.15) is 0 Å². The van der Waals surface area contributed by atoms with Gasteiger partial charge in [-0.1, -0.05) is 42.5 Å². The van der Waals surface area contributed by atoms with Gasteiger partial charge in [0.25, 0.3) is 5.91 Å². The molecule has 3 nitrogen and oxygen atoms in total. The second kappa shape index (κ2) is 5.68. The largest absolute Gasteiger partial charge is 0.358 e. The number of hydrogen-bond donors (Lipinski definition) is 1. The maximum Gasteiger partial charge on any atom is 0.251 e. The summed E-state index contributed by atoms with van der Waals surface area (Å²) < 4.78 is 0. The van der Waals surface area contributed by atoms with Crippen molar-refractivity contribution in [3.05, 3.63) is 77.5 Å². The standard InChI is InChI=1S/C21H20N2O/c1-3-8-20(24)23-18-12-7-4-9-15(18)13-19(23)21-14(2)22-17-11-6-5-10-16(17)21/h3-12,19,22H,13H2,1-2H3/b8-3+. The number of allylic oxidation sites excluding steroid dienone is 1. The lowest BCUT2D eigenvalue weighted by molar-refractivity contribution is -0.114. The van der Waals surface area contributed by atoms with Crippen LogP contribution >= 0.6 is 0 Å². The molecule has 1 aliphatic rings. The van der Waals surface area contributed by atoms with Crippen molar-refractivity contribution in [2.75, 3.05) is 4.90 Å². The van der Waals surface area contributed by atoms with Crippen molar-refractivity contribution in [2.45, 2.75) is 26.3 Å². The molecule has 1 N–H and O–H groups in total. The fraction of sp³-hybridized carbons (Fsp3) is 0.190. The van der Waals surface area contributed by atoms with Crippen molar-refractivity contribution in [3.63, 3.8) is 0 Å². The summed E-state index contributed by atoms with van der Waals surface area (Å²) in [5.74, 6) is 0.0390. The van der Waals surface area contributed by atoms with Crippen LogP contribution in [0.1, 0.15) is 29.8 Å². The minimum absolute atomic E-state index is 0.0299. The Kier molecular flexibility index (Phi) is 3.49. The molecule has 1 unspecified atom stereocenters. The van der Waals surface area contributed by atoms with Gasteiger partial charge < -0.3 is 9.88 Å². The van der Waals surface area contributed by atoms with E-state index >= 15 is 0 Å². The third-order valence-electron chi connectivity index (χ3n) is 4.80. The summed E-state index contributed by atoms with van der Waals surface area (Å²) in [5, 5.41) is 1.20. The molecule has 1 aliphatic heterocycles. The van der Waals surface area contributed by atoms with E-state index in [4.69, 9.17) is 0 Å². The van der Waals surface area contributed by atoms with Gasteiger partial charge in [-0.15, -0.1) is 0 Å². The van der Waals surface area contributed by atoms with Crippen LogP contribution in [0.15, 0.2) is 60.7 Å². The summed E-state index contributed by atoms with van der Waals surface area (Å²) in [4.78, 5) is 18.2. The van der Waals surface area contributed by atoms with E-state index in [1.54, 1.807) is 6.08 Å². The first-order chi connectivity index (χ1) is 11.7. The highest BCUT2D eigenvalue weighted by Crippen LogP contribution is 2.43. The maximum absolute atomic E-state index is 12.8. The molecule has 24 heavy (non-hydrogen) atoms. The number of carbonyl (C=O) groups excluding carboxylic acids is 1. The van der Waals surface area contributed by atoms with Crippen molar-refractivity contribution < 1.29 is 4.79 Å². The van der Waals surface area contributed by atoms with Crippen molar-refractivity contribution in [1.29, 1.82) is 0 Å². The minimum atomic E-state index is 0.0299. The fourth-order valence-corrected chi connectivity index (χ4v) is 3.84. The summed E-state index contributed by atoms with van der Waals surface area (Å²) in [7, 11) is 0. The van der Waals surface area contributed by atoms with Crippen LogP contribution in [0, 0.1) is 6.92 Å². The van der Waals surface area contributed by atoms with Crippen LogP contribution < -0.4 is 4.90 Å². The Morgan fingerprint density at radius 1 is 1.17 bits per heavy atom. The van der Waals surface area contributed by atoms with Crippen molar-refractivity contribution >= 4 is 22.5 Å². The lowest BCUT2D eigenvalue weighted by atomic mass is 9.99. The molecule has 1 atom stereocenters. The minimum Gasteiger partial charge on any atom is -0.358 e. The van der Waals surface area contributed by atoms with Crippen molar-refractivity contribution in [3.8, 4) is 0 Å². The van der Waals surface area contributed by atoms with Crippen LogP contribution in [-0.4, -0.2) is 10.9 Å². The molecule has 0 saturated heterocycles. The Bertz CT molecular complexity index is 951. The molecule has 0 radical (unpaired) electrons. The lowest BCUT2D eigenvalue weighted by Gasteiger charge is -2.25. The Morgan fingerprint density at radius 2 is 1.92 bits per heavy atom. The highest BCUT2D eigenvalue weighted by molar-refractivity contribution is 6.04. The maximum atomic E-state index is 12.8. The smallest absolute Gasteiger partial charge is 0.251 e. The van der Waals surface area contributed by atoms with E-state index in [9.17, 15) is 4.79 Å². The lowest BCUT2D eigenvalue weighted by Crippen LogP contribution is -2.30. The number of carbonyl (C=O) groups is 1. The number of fused-ring (bicyclic) bond motifs is 2. The molecule has 0 spiro atoms. The SMILES string of the molecule is C/C=C/C(=O)N1c2ccccc2CC1c1c(C)[nH]c2ccccc12. The summed E-state index contributed by atoms with van der Waals surface area (Å²) in [6.45, 7) is 3.97. The number of aromatic amines is 1. The molecule has 1 aromatic heterocycles. The number of aryl methyl sites for hydroxylation is 1. The number of benzene rings is 2. The number of rotatable bonds is 2. The number of amides is 1. The molecule has 0 bridgehead atoms. The Balaban J connectivity index is 1.90. The van der Waals surface area contributed by atoms with Crippen LogP contribution in [0.4, 0.5) is 5.69 Å². The van der Waals surface area contributed by atoms with E-state index in [1.165, 1.54) is 16.5 Å². The zero-order valence-electron chi connectivity index (χ0n) is 13.9. The molecular formula is C21H20N2O. The topological polar surface area (TPSA) is 36.1 Å². The molecule has 120 valence electrons. The van der Waals surface area contributed by atoms with Gasteiger partial charge >= 0.3 is 0 Å². The third-order valence-corrected chi connectivity index (χ3v) is 4.80. The van der Waals surface area contributed by atoms with E-state index in [0.717, 1.165) is 23.3 Å². The second-order valence-corrected chi connectivity index (χ2v) is 6.27. The number of aromatic nitrogens is 1. The number of anilines is 1. The predicted molar refractivity (Wildman–Crippen MR) is 98.2 cm³/mol. The number of para-hydroxylation sites is 2. The molecule has 2 heterocycles. The number of hydrogen-bond acceptors (Lipinski definition) is 1. The highest BCUT2D eigenvalue weighted by Gasteiger charge is 2.35. The Morgan fingerprint density at radius 3 is 2.75 bits per heavy atom. The zero-order valence-corrected chi connectivity index (χ0v) is 13.9. The van der Waals surface area contributed by atoms with E-state index in [0.29, 0.717) is 0 Å². The van der Waals surface area contributed by atoms with Crippen LogP contribution in [0.5, 0.6) is 0 Å². The van der Waals surface area contributed by atoms with Gasteiger partial charge in [-0.05, 0) is 44.0 Å². The second-order valence-electron chi connectivity index (χ2n) is 6.27. The average molecular weight is 316 g/mol. The first-order valence-corrected chi connectivity index (χ1v) is 8.31. The van der Waals surface area contributed by atoms with Crippen molar-refractivity contribution in [2.24, 2.45) is 0 Å². The first-order valence-electron chi connectivity index (χ1n) is 8.31. The molecule has 2 aromatic carbocycles. The van der Waals surface area contributed by atoms with Gasteiger partial charge in [0, 0.05) is 27.8 Å². The van der Waals surface area contributed by atoms with Crippen LogP contribution in [0.25, 0.3) is 10.9 Å². The summed E-state index contributed by atoms with van der Waals surface area (Å²) >= 11 is 0. The van der Waals surface area contributed by atoms with Gasteiger partial charge in [0.15, 0.2) is 0 Å². The summed E-state index contributed by atoms with van der Waals surface area (Å²) in [6, 6.07) is 16.5. The van der Waals surface area contributed by atoms with Gasteiger partial charge in [-0.3, -0.25) is 4.79 Å². The van der Waals surface area contributed by atoms with Crippen LogP contribution in [-0.2, 0) is 11.2 Å². The normalized spacial score (nSPS) is 16.9. The van der Waals surface area contributed by atoms with E-state index in [-0.39, 0.29) is 11.9 Å². The molecule has 0 fully saturated rings. The predicted octanol–water partition coefficient (Wildman–Crippen LogP) is 4.68. The number of nitrogens with one attached hydrogen (secondary N) is 1. The molecular weight excluding hydrogens is 296 g/mol. The fourth-order valence-electron chi connectivity index (χ4n) is 3.84. The van der Waals surface area contributed by atoms with Gasteiger partial charge in [0.05, 0.1) is 6.04 Å². The molecule has 3 aromatic rings. The molecule has 0 aliphatic carbocycles. The monoisotopic (exact) mass is 316 g/mol. The van der Waals surface area contributed by atoms with Gasteiger partial charge in [-0.25, -0.2) is 0 Å². The molecule has 1 amide bonds. The average Bonchev–Trinajstić information content (AvgIpc) is 3.11. The van der Waals surface area contributed by atoms with Crippen molar-refractivity contribution in [1.82, 2.24) is 4.98 Å². The first kappa shape index (κ1) is 14.8. The Hall–Kier alpha value is -2.81. The quantitative estimate of drug-likeness (QED) is 0.684. The highest BCUT2D eigenvalue weighted by atomic mass is 16.2. The third kappa shape index (κ3) is 2.16. The molecule has 0 saturated carbocycles. The molecule has 3 heteroatoms. The van der Waals surface area contributed by atoms with Crippen LogP contribution in [0.2, 0.25) is 0 Å². The van der Waals surface area contributed by atoms with E-state index in [2.05, 4.69) is 36.2 Å². The van der Waals surface area contributed by atoms with Gasteiger partial charge in [-0.2, -0.15) is 0 Å². The Labute approximate surface area is 141 Å². The van der Waals surface area contributed by atoms with E-state index in [1.807, 2.05) is 42.2 Å².